The molecule has 0 radical (unpaired) electrons. The molecule has 0 bridgehead atoms. The Hall–Kier alpha value is -2.14. The van der Waals surface area contributed by atoms with E-state index in [4.69, 9.17) is 0 Å². The van der Waals surface area contributed by atoms with E-state index >= 15 is 0 Å². The topological polar surface area (TPSA) is 54.5 Å². The van der Waals surface area contributed by atoms with Gasteiger partial charge in [-0.3, -0.25) is 4.79 Å². The van der Waals surface area contributed by atoms with Gasteiger partial charge in [0.25, 0.3) is 5.91 Å². The minimum Gasteiger partial charge on any atom is -0.307 e. The third kappa shape index (κ3) is 2.63. The number of hydrogen-bond acceptors (Lipinski definition) is 3. The van der Waals surface area contributed by atoms with Crippen molar-refractivity contribution >= 4 is 21.4 Å². The normalized spacial score (nSPS) is 17.2. The summed E-state index contributed by atoms with van der Waals surface area (Å²) in [5.74, 6) is -0.0226. The van der Waals surface area contributed by atoms with Gasteiger partial charge in [0, 0.05) is 18.2 Å². The molecule has 1 amide bonds. The number of benzene rings is 2. The number of amides is 1. The number of sulfone groups is 1. The number of nitrogens with zero attached hydrogens (tertiary/aromatic N) is 1. The zero-order valence-electron chi connectivity index (χ0n) is 14.1. The fourth-order valence-corrected chi connectivity index (χ4v) is 4.34. The third-order valence-electron chi connectivity index (χ3n) is 4.50. The summed E-state index contributed by atoms with van der Waals surface area (Å²) in [4.78, 5) is 14.9. The van der Waals surface area contributed by atoms with Crippen molar-refractivity contribution in [3.05, 3.63) is 59.7 Å². The zero-order chi connectivity index (χ0) is 17.5. The summed E-state index contributed by atoms with van der Waals surface area (Å²) >= 11 is 0. The summed E-state index contributed by atoms with van der Waals surface area (Å²) in [5, 5.41) is -0.573. The molecule has 3 rings (SSSR count). The number of para-hydroxylation sites is 1. The second-order valence-corrected chi connectivity index (χ2v) is 8.94. The van der Waals surface area contributed by atoms with Gasteiger partial charge in [0.1, 0.15) is 0 Å². The molecule has 126 valence electrons. The summed E-state index contributed by atoms with van der Waals surface area (Å²) < 4.78 is 25.2. The summed E-state index contributed by atoms with van der Waals surface area (Å²) in [6.07, 6.45) is 0. The monoisotopic (exact) mass is 343 g/mol. The van der Waals surface area contributed by atoms with Crippen molar-refractivity contribution in [2.75, 3.05) is 11.4 Å². The van der Waals surface area contributed by atoms with E-state index in [2.05, 4.69) is 6.92 Å². The highest BCUT2D eigenvalue weighted by atomic mass is 32.2. The number of carbonyl (C=O) groups excluding carboxylic acids is 1. The van der Waals surface area contributed by atoms with Gasteiger partial charge in [-0.05, 0) is 37.6 Å². The van der Waals surface area contributed by atoms with Crippen molar-refractivity contribution in [1.29, 1.82) is 0 Å². The number of rotatable bonds is 3. The molecule has 4 nitrogen and oxygen atoms in total. The summed E-state index contributed by atoms with van der Waals surface area (Å²) in [7, 11) is -3.52. The fourth-order valence-electron chi connectivity index (χ4n) is 3.10. The Bertz CT molecular complexity index is 887. The second kappa shape index (κ2) is 6.06. The molecule has 0 saturated carbocycles. The lowest BCUT2D eigenvalue weighted by molar-refractivity contribution is 0.0985. The molecule has 24 heavy (non-hydrogen) atoms. The van der Waals surface area contributed by atoms with Crippen LogP contribution in [0.1, 0.15) is 42.6 Å². The van der Waals surface area contributed by atoms with Gasteiger partial charge in [0.2, 0.25) is 0 Å². The fraction of sp³-hybridized carbons (Fsp3) is 0.316. The molecule has 0 spiro atoms. The molecule has 0 fully saturated rings. The Balaban J connectivity index is 2.08. The van der Waals surface area contributed by atoms with Crippen LogP contribution < -0.4 is 4.90 Å². The molecule has 5 heteroatoms. The Morgan fingerprint density at radius 1 is 1.08 bits per heavy atom. The van der Waals surface area contributed by atoms with E-state index in [-0.39, 0.29) is 22.3 Å². The highest BCUT2D eigenvalue weighted by Gasteiger charge is 2.33. The van der Waals surface area contributed by atoms with Crippen LogP contribution in [0, 0.1) is 0 Å². The highest BCUT2D eigenvalue weighted by molar-refractivity contribution is 7.92. The van der Waals surface area contributed by atoms with Crippen molar-refractivity contribution in [1.82, 2.24) is 0 Å². The maximum absolute atomic E-state index is 13.1. The number of anilines is 1. The van der Waals surface area contributed by atoms with Gasteiger partial charge in [-0.1, -0.05) is 37.3 Å². The maximum atomic E-state index is 13.1. The van der Waals surface area contributed by atoms with Crippen LogP contribution >= 0.6 is 0 Å². The molecule has 0 saturated heterocycles. The van der Waals surface area contributed by atoms with Crippen LogP contribution in [0.3, 0.4) is 0 Å². The van der Waals surface area contributed by atoms with Crippen molar-refractivity contribution in [3.8, 4) is 0 Å². The first kappa shape index (κ1) is 16.7. The van der Waals surface area contributed by atoms with Gasteiger partial charge in [0.15, 0.2) is 9.84 Å². The molecule has 1 unspecified atom stereocenters. The third-order valence-corrected chi connectivity index (χ3v) is 6.71. The second-order valence-electron chi connectivity index (χ2n) is 6.47. The summed E-state index contributed by atoms with van der Waals surface area (Å²) in [6.45, 7) is 5.89. The van der Waals surface area contributed by atoms with Crippen LogP contribution in [0.25, 0.3) is 0 Å². The summed E-state index contributed by atoms with van der Waals surface area (Å²) in [6, 6.07) is 14.3. The average molecular weight is 343 g/mol. The first-order valence-corrected chi connectivity index (χ1v) is 9.62. The lowest BCUT2D eigenvalue weighted by Crippen LogP contribution is -2.31. The van der Waals surface area contributed by atoms with E-state index in [0.29, 0.717) is 6.54 Å². The largest absolute Gasteiger partial charge is 0.307 e. The maximum Gasteiger partial charge on any atom is 0.259 e. The molecule has 1 atom stereocenters. The Morgan fingerprint density at radius 3 is 2.42 bits per heavy atom. The van der Waals surface area contributed by atoms with E-state index in [1.807, 2.05) is 24.3 Å². The van der Waals surface area contributed by atoms with Gasteiger partial charge in [-0.2, -0.15) is 0 Å². The predicted molar refractivity (Wildman–Crippen MR) is 95.3 cm³/mol. The van der Waals surface area contributed by atoms with Crippen LogP contribution in [0.5, 0.6) is 0 Å². The van der Waals surface area contributed by atoms with Crippen molar-refractivity contribution in [3.63, 3.8) is 0 Å². The van der Waals surface area contributed by atoms with Crippen molar-refractivity contribution in [2.24, 2.45) is 0 Å². The zero-order valence-corrected chi connectivity index (χ0v) is 14.9. The van der Waals surface area contributed by atoms with Crippen molar-refractivity contribution < 1.29 is 13.2 Å². The Kier molecular flexibility index (Phi) is 4.22. The van der Waals surface area contributed by atoms with Gasteiger partial charge in [-0.25, -0.2) is 8.42 Å². The van der Waals surface area contributed by atoms with E-state index in [0.717, 1.165) is 11.3 Å². The van der Waals surface area contributed by atoms with Crippen LogP contribution in [-0.2, 0) is 9.84 Å². The van der Waals surface area contributed by atoms with Crippen molar-refractivity contribution in [2.45, 2.75) is 36.8 Å². The van der Waals surface area contributed by atoms with Crippen LogP contribution in [0.15, 0.2) is 53.4 Å². The highest BCUT2D eigenvalue weighted by Crippen LogP contribution is 2.37. The molecule has 2 aromatic rings. The smallest absolute Gasteiger partial charge is 0.259 e. The van der Waals surface area contributed by atoms with Gasteiger partial charge in [-0.15, -0.1) is 0 Å². The lowest BCUT2D eigenvalue weighted by Gasteiger charge is -2.20. The van der Waals surface area contributed by atoms with Crippen LogP contribution in [0.4, 0.5) is 5.69 Å². The Labute approximate surface area is 143 Å². The summed E-state index contributed by atoms with van der Waals surface area (Å²) in [5.41, 5.74) is 2.23. The average Bonchev–Trinajstić information content (AvgIpc) is 2.91. The van der Waals surface area contributed by atoms with E-state index in [1.165, 1.54) is 6.07 Å². The van der Waals surface area contributed by atoms with Gasteiger partial charge in [0.05, 0.1) is 15.7 Å². The molecular weight excluding hydrogens is 322 g/mol. The minimum absolute atomic E-state index is 0.113. The molecule has 1 heterocycles. The SMILES string of the molecule is CC1CN(C(=O)c2ccccc2S(=O)(=O)C(C)C)c2ccccc21. The molecule has 2 aromatic carbocycles. The molecular formula is C19H21NO3S. The molecule has 0 aromatic heterocycles. The predicted octanol–water partition coefficient (Wildman–Crippen LogP) is 3.63. The number of fused-ring (bicyclic) bond motifs is 1. The molecule has 0 N–H and O–H groups in total. The van der Waals surface area contributed by atoms with Crippen LogP contribution in [0.2, 0.25) is 0 Å². The minimum atomic E-state index is -3.52. The van der Waals surface area contributed by atoms with Gasteiger partial charge >= 0.3 is 0 Å². The van der Waals surface area contributed by atoms with E-state index in [1.54, 1.807) is 36.9 Å². The van der Waals surface area contributed by atoms with E-state index < -0.39 is 15.1 Å². The van der Waals surface area contributed by atoms with Crippen LogP contribution in [-0.4, -0.2) is 26.1 Å². The molecule has 0 aliphatic carbocycles. The first-order valence-electron chi connectivity index (χ1n) is 8.07. The Morgan fingerprint density at radius 2 is 1.71 bits per heavy atom. The standard InChI is InChI=1S/C19H21NO3S/c1-13(2)24(22,23)18-11-7-5-9-16(18)19(21)20-12-14(3)15-8-4-6-10-17(15)20/h4-11,13-14H,12H2,1-3H3. The lowest BCUT2D eigenvalue weighted by atomic mass is 10.0. The molecule has 1 aliphatic rings. The number of hydrogen-bond donors (Lipinski definition) is 0. The molecule has 1 aliphatic heterocycles. The number of carbonyl (C=O) groups is 1. The first-order chi connectivity index (χ1) is 11.3. The van der Waals surface area contributed by atoms with Gasteiger partial charge < -0.3 is 4.90 Å². The quantitative estimate of drug-likeness (QED) is 0.855. The van der Waals surface area contributed by atoms with E-state index in [9.17, 15) is 13.2 Å².